The number of rotatable bonds is 8. The van der Waals surface area contributed by atoms with Gasteiger partial charge in [0.25, 0.3) is 0 Å². The second kappa shape index (κ2) is 9.24. The van der Waals surface area contributed by atoms with E-state index >= 15 is 0 Å². The van der Waals surface area contributed by atoms with Crippen LogP contribution in [-0.4, -0.2) is 40.1 Å². The number of anilines is 2. The van der Waals surface area contributed by atoms with Gasteiger partial charge in [-0.3, -0.25) is 9.10 Å². The third kappa shape index (κ3) is 6.28. The molecule has 0 fully saturated rings. The molecular weight excluding hydrogens is 425 g/mol. The number of ether oxygens (including phenoxy) is 2. The van der Waals surface area contributed by atoms with Gasteiger partial charge in [0.05, 0.1) is 19.1 Å². The number of carbonyl (C=O) groups excluding carboxylic acids is 1. The molecule has 0 bridgehead atoms. The largest absolute Gasteiger partial charge is 0.573 e. The Labute approximate surface area is 172 Å². The number of nitrogens with zero attached hydrogens (tertiary/aromatic N) is 1. The van der Waals surface area contributed by atoms with Gasteiger partial charge in [-0.25, -0.2) is 8.42 Å². The number of halogens is 3. The minimum atomic E-state index is -4.83. The molecule has 0 unspecified atom stereocenters. The molecule has 0 aliphatic heterocycles. The molecular formula is C19H21F3N2O5S. The lowest BCUT2D eigenvalue weighted by Crippen LogP contribution is -2.47. The second-order valence-corrected chi connectivity index (χ2v) is 8.11. The first-order valence-electron chi connectivity index (χ1n) is 8.74. The normalized spacial score (nSPS) is 12.7. The van der Waals surface area contributed by atoms with Crippen LogP contribution in [0.15, 0.2) is 48.5 Å². The molecule has 2 aromatic carbocycles. The van der Waals surface area contributed by atoms with Crippen molar-refractivity contribution in [1.29, 1.82) is 0 Å². The predicted octanol–water partition coefficient (Wildman–Crippen LogP) is 3.78. The highest BCUT2D eigenvalue weighted by atomic mass is 32.2. The lowest BCUT2D eigenvalue weighted by Gasteiger charge is -2.30. The van der Waals surface area contributed by atoms with E-state index in [9.17, 15) is 26.4 Å². The van der Waals surface area contributed by atoms with E-state index in [4.69, 9.17) is 4.74 Å². The van der Waals surface area contributed by atoms with Crippen LogP contribution in [0.2, 0.25) is 0 Å². The molecule has 2 aromatic rings. The topological polar surface area (TPSA) is 84.9 Å². The molecule has 0 saturated heterocycles. The Morgan fingerprint density at radius 3 is 2.27 bits per heavy atom. The molecule has 2 rings (SSSR count). The molecule has 7 nitrogen and oxygen atoms in total. The molecule has 1 atom stereocenters. The van der Waals surface area contributed by atoms with E-state index in [1.807, 2.05) is 0 Å². The van der Waals surface area contributed by atoms with Crippen LogP contribution in [0.25, 0.3) is 0 Å². The number of sulfonamides is 1. The predicted molar refractivity (Wildman–Crippen MR) is 106 cm³/mol. The van der Waals surface area contributed by atoms with Crippen LogP contribution >= 0.6 is 0 Å². The fourth-order valence-electron chi connectivity index (χ4n) is 2.77. The summed E-state index contributed by atoms with van der Waals surface area (Å²) in [7, 11) is -2.42. The van der Waals surface area contributed by atoms with Gasteiger partial charge >= 0.3 is 6.36 Å². The minimum absolute atomic E-state index is 0.144. The first kappa shape index (κ1) is 23.3. The van der Waals surface area contributed by atoms with Gasteiger partial charge in [0.2, 0.25) is 15.9 Å². The molecule has 0 spiro atoms. The zero-order valence-corrected chi connectivity index (χ0v) is 17.3. The number of amides is 1. The molecule has 0 saturated carbocycles. The smallest absolute Gasteiger partial charge is 0.497 e. The summed E-state index contributed by atoms with van der Waals surface area (Å²) in [5.74, 6) is -0.673. The minimum Gasteiger partial charge on any atom is -0.497 e. The summed E-state index contributed by atoms with van der Waals surface area (Å²) in [6.45, 7) is 1.64. The molecule has 0 radical (unpaired) electrons. The number of nitrogens with one attached hydrogen (secondary N) is 1. The van der Waals surface area contributed by atoms with Gasteiger partial charge in [-0.05, 0) is 42.8 Å². The molecule has 1 amide bonds. The lowest BCUT2D eigenvalue weighted by molar-refractivity contribution is -0.274. The summed E-state index contributed by atoms with van der Waals surface area (Å²) in [6, 6.07) is 9.68. The van der Waals surface area contributed by atoms with Crippen LogP contribution in [0.1, 0.15) is 13.3 Å². The number of hydrogen-bond donors (Lipinski definition) is 1. The highest BCUT2D eigenvalue weighted by molar-refractivity contribution is 7.92. The number of benzene rings is 2. The van der Waals surface area contributed by atoms with Crippen LogP contribution < -0.4 is 19.1 Å². The Morgan fingerprint density at radius 2 is 1.77 bits per heavy atom. The molecule has 0 heterocycles. The van der Waals surface area contributed by atoms with Gasteiger partial charge in [-0.15, -0.1) is 13.2 Å². The van der Waals surface area contributed by atoms with Gasteiger partial charge in [0, 0.05) is 11.8 Å². The van der Waals surface area contributed by atoms with Gasteiger partial charge in [-0.2, -0.15) is 0 Å². The van der Waals surface area contributed by atoms with Gasteiger partial charge < -0.3 is 14.8 Å². The standard InChI is InChI=1S/C19H21F3N2O5S/c1-4-17(24(30(3,26)27)14-6-5-7-16(12-14)28-2)18(25)23-13-8-10-15(11-9-13)29-19(20,21)22/h5-12,17H,4H2,1-3H3,(H,23,25)/t17-/m0/s1. The summed E-state index contributed by atoms with van der Waals surface area (Å²) in [4.78, 5) is 12.8. The first-order chi connectivity index (χ1) is 13.9. The van der Waals surface area contributed by atoms with Crippen molar-refractivity contribution in [1.82, 2.24) is 0 Å². The molecule has 30 heavy (non-hydrogen) atoms. The highest BCUT2D eigenvalue weighted by Gasteiger charge is 2.32. The van der Waals surface area contributed by atoms with Crippen LogP contribution in [0.3, 0.4) is 0 Å². The average molecular weight is 446 g/mol. The van der Waals surface area contributed by atoms with E-state index in [0.29, 0.717) is 5.75 Å². The third-order valence-corrected chi connectivity index (χ3v) is 5.17. The van der Waals surface area contributed by atoms with E-state index in [2.05, 4.69) is 10.1 Å². The Morgan fingerprint density at radius 1 is 1.13 bits per heavy atom. The SMILES string of the molecule is CC[C@@H](C(=O)Nc1ccc(OC(F)(F)F)cc1)N(c1cccc(OC)c1)S(C)(=O)=O. The molecule has 164 valence electrons. The Kier molecular flexibility index (Phi) is 7.19. The Hall–Kier alpha value is -2.95. The van der Waals surface area contributed by atoms with Crippen LogP contribution in [-0.2, 0) is 14.8 Å². The van der Waals surface area contributed by atoms with E-state index < -0.39 is 34.1 Å². The van der Waals surface area contributed by atoms with Crippen molar-refractivity contribution < 1.29 is 35.9 Å². The van der Waals surface area contributed by atoms with Crippen LogP contribution in [0.4, 0.5) is 24.5 Å². The second-order valence-electron chi connectivity index (χ2n) is 6.25. The van der Waals surface area contributed by atoms with Crippen molar-refractivity contribution in [3.05, 3.63) is 48.5 Å². The first-order valence-corrected chi connectivity index (χ1v) is 10.6. The summed E-state index contributed by atoms with van der Waals surface area (Å²) in [5.41, 5.74) is 0.430. The molecule has 1 N–H and O–H groups in total. The zero-order valence-electron chi connectivity index (χ0n) is 16.4. The Balaban J connectivity index is 2.27. The quantitative estimate of drug-likeness (QED) is 0.667. The monoisotopic (exact) mass is 446 g/mol. The number of hydrogen-bond acceptors (Lipinski definition) is 5. The number of alkyl halides is 3. The average Bonchev–Trinajstić information content (AvgIpc) is 2.65. The van der Waals surface area contributed by atoms with Crippen LogP contribution in [0.5, 0.6) is 11.5 Å². The Bertz CT molecular complexity index is 978. The molecule has 0 aliphatic rings. The lowest BCUT2D eigenvalue weighted by atomic mass is 10.1. The van der Waals surface area contributed by atoms with E-state index in [1.54, 1.807) is 19.1 Å². The maximum absolute atomic E-state index is 12.8. The maximum atomic E-state index is 12.8. The van der Waals surface area contributed by atoms with E-state index in [0.717, 1.165) is 22.7 Å². The zero-order chi connectivity index (χ0) is 22.5. The third-order valence-electron chi connectivity index (χ3n) is 3.99. The summed E-state index contributed by atoms with van der Waals surface area (Å²) >= 11 is 0. The van der Waals surface area contributed by atoms with Gasteiger partial charge in [-0.1, -0.05) is 13.0 Å². The van der Waals surface area contributed by atoms with Crippen molar-refractivity contribution in [3.8, 4) is 11.5 Å². The number of carbonyl (C=O) groups is 1. The van der Waals surface area contributed by atoms with Gasteiger partial charge in [0.15, 0.2) is 0 Å². The van der Waals surface area contributed by atoms with Crippen molar-refractivity contribution in [2.24, 2.45) is 0 Å². The summed E-state index contributed by atoms with van der Waals surface area (Å²) in [5, 5.41) is 2.52. The molecule has 0 aromatic heterocycles. The number of methoxy groups -OCH3 is 1. The van der Waals surface area contributed by atoms with Crippen LogP contribution in [0, 0.1) is 0 Å². The highest BCUT2D eigenvalue weighted by Crippen LogP contribution is 2.28. The van der Waals surface area contributed by atoms with Crippen molar-refractivity contribution in [3.63, 3.8) is 0 Å². The fraction of sp³-hybridized carbons (Fsp3) is 0.316. The van der Waals surface area contributed by atoms with Gasteiger partial charge in [0.1, 0.15) is 17.5 Å². The molecule has 11 heteroatoms. The van der Waals surface area contributed by atoms with Crippen molar-refractivity contribution in [2.45, 2.75) is 25.7 Å². The van der Waals surface area contributed by atoms with Crippen molar-refractivity contribution >= 4 is 27.3 Å². The molecule has 0 aliphatic carbocycles. The van der Waals surface area contributed by atoms with Crippen molar-refractivity contribution in [2.75, 3.05) is 23.0 Å². The summed E-state index contributed by atoms with van der Waals surface area (Å²) in [6.07, 6.45) is -3.71. The van der Waals surface area contributed by atoms with E-state index in [-0.39, 0.29) is 17.8 Å². The maximum Gasteiger partial charge on any atom is 0.573 e. The fourth-order valence-corrected chi connectivity index (χ4v) is 3.98. The summed E-state index contributed by atoms with van der Waals surface area (Å²) < 4.78 is 71.5. The van der Waals surface area contributed by atoms with E-state index in [1.165, 1.54) is 31.4 Å².